The van der Waals surface area contributed by atoms with Crippen molar-refractivity contribution in [3.05, 3.63) is 29.3 Å². The third-order valence-electron chi connectivity index (χ3n) is 3.09. The number of fused-ring (bicyclic) bond motifs is 1. The van der Waals surface area contributed by atoms with Crippen LogP contribution in [-0.4, -0.2) is 19.5 Å². The Bertz CT molecular complexity index is 414. The van der Waals surface area contributed by atoms with Gasteiger partial charge in [-0.05, 0) is 25.5 Å². The Morgan fingerprint density at radius 2 is 2.19 bits per heavy atom. The Morgan fingerprint density at radius 3 is 2.88 bits per heavy atom. The molecule has 0 fully saturated rings. The van der Waals surface area contributed by atoms with E-state index in [1.165, 1.54) is 0 Å². The molecule has 16 heavy (non-hydrogen) atoms. The number of likely N-dealkylation sites (N-methyl/N-ethyl adjacent to an activating group) is 1. The van der Waals surface area contributed by atoms with E-state index in [-0.39, 0.29) is 11.9 Å². The van der Waals surface area contributed by atoms with E-state index in [1.807, 2.05) is 32.2 Å². The highest BCUT2D eigenvalue weighted by Crippen LogP contribution is 2.36. The summed E-state index contributed by atoms with van der Waals surface area (Å²) < 4.78 is 0. The Kier molecular flexibility index (Phi) is 2.97. The van der Waals surface area contributed by atoms with Gasteiger partial charge in [-0.15, -0.1) is 0 Å². The van der Waals surface area contributed by atoms with Crippen LogP contribution >= 0.6 is 0 Å². The van der Waals surface area contributed by atoms with Crippen molar-refractivity contribution >= 4 is 11.6 Å². The van der Waals surface area contributed by atoms with Crippen LogP contribution in [0.1, 0.15) is 30.5 Å². The van der Waals surface area contributed by atoms with E-state index in [2.05, 4.69) is 12.2 Å². The zero-order chi connectivity index (χ0) is 11.7. The van der Waals surface area contributed by atoms with Crippen molar-refractivity contribution in [2.75, 3.05) is 18.5 Å². The lowest BCUT2D eigenvalue weighted by Crippen LogP contribution is -2.32. The van der Waals surface area contributed by atoms with Gasteiger partial charge in [0.2, 0.25) is 5.91 Å². The van der Waals surface area contributed by atoms with Crippen LogP contribution in [0, 0.1) is 6.92 Å². The van der Waals surface area contributed by atoms with Crippen LogP contribution in [0.25, 0.3) is 0 Å². The molecule has 0 bridgehead atoms. The van der Waals surface area contributed by atoms with Crippen molar-refractivity contribution in [3.63, 3.8) is 0 Å². The van der Waals surface area contributed by atoms with Gasteiger partial charge in [-0.3, -0.25) is 4.79 Å². The van der Waals surface area contributed by atoms with Crippen LogP contribution in [0.4, 0.5) is 5.69 Å². The van der Waals surface area contributed by atoms with E-state index in [4.69, 9.17) is 0 Å². The normalized spacial score (nSPS) is 19.1. The minimum atomic E-state index is -0.153. The molecule has 0 radical (unpaired) electrons. The third-order valence-corrected chi connectivity index (χ3v) is 3.09. The topological polar surface area (TPSA) is 32.3 Å². The monoisotopic (exact) mass is 218 g/mol. The van der Waals surface area contributed by atoms with Crippen LogP contribution in [0.3, 0.4) is 0 Å². The summed E-state index contributed by atoms with van der Waals surface area (Å²) in [6, 6.07) is 5.95. The fraction of sp³-hybridized carbons (Fsp3) is 0.462. The van der Waals surface area contributed by atoms with E-state index < -0.39 is 0 Å². The van der Waals surface area contributed by atoms with E-state index in [0.717, 1.165) is 29.8 Å². The lowest BCUT2D eigenvalue weighted by Gasteiger charge is -2.12. The van der Waals surface area contributed by atoms with Gasteiger partial charge in [0.1, 0.15) is 6.04 Å². The van der Waals surface area contributed by atoms with E-state index in [9.17, 15) is 4.79 Å². The molecule has 1 aromatic carbocycles. The second-order valence-electron chi connectivity index (χ2n) is 4.30. The summed E-state index contributed by atoms with van der Waals surface area (Å²) in [6.07, 6.45) is 1.04. The molecule has 1 amide bonds. The minimum Gasteiger partial charge on any atom is -0.313 e. The molecule has 0 aromatic heterocycles. The number of rotatable bonds is 3. The van der Waals surface area contributed by atoms with Crippen molar-refractivity contribution in [2.45, 2.75) is 26.3 Å². The smallest absolute Gasteiger partial charge is 0.248 e. The Balaban J connectivity index is 2.38. The molecule has 3 heteroatoms. The van der Waals surface area contributed by atoms with Crippen LogP contribution in [0.15, 0.2) is 18.2 Å². The molecule has 0 saturated carbocycles. The third kappa shape index (κ3) is 1.61. The quantitative estimate of drug-likeness (QED) is 0.841. The first kappa shape index (κ1) is 11.1. The summed E-state index contributed by atoms with van der Waals surface area (Å²) in [5.41, 5.74) is 3.34. The molecule has 1 heterocycles. The van der Waals surface area contributed by atoms with Gasteiger partial charge in [0.15, 0.2) is 0 Å². The highest BCUT2D eigenvalue weighted by molar-refractivity contribution is 6.05. The van der Waals surface area contributed by atoms with Gasteiger partial charge < -0.3 is 10.2 Å². The Morgan fingerprint density at radius 1 is 1.44 bits per heavy atom. The predicted octanol–water partition coefficient (Wildman–Crippen LogP) is 2.01. The molecule has 0 spiro atoms. The summed E-state index contributed by atoms with van der Waals surface area (Å²) in [5, 5.41) is 3.30. The maximum atomic E-state index is 12.1. The lowest BCUT2D eigenvalue weighted by atomic mass is 10.1. The van der Waals surface area contributed by atoms with Crippen molar-refractivity contribution in [3.8, 4) is 0 Å². The molecule has 0 aliphatic carbocycles. The number of hydrogen-bond donors (Lipinski definition) is 1. The summed E-state index contributed by atoms with van der Waals surface area (Å²) in [4.78, 5) is 13.8. The van der Waals surface area contributed by atoms with E-state index in [1.54, 1.807) is 4.90 Å². The number of amides is 1. The predicted molar refractivity (Wildman–Crippen MR) is 65.6 cm³/mol. The SMILES string of the molecule is CCCNC1C(=O)N(C)c2c(C)cccc21. The molecule has 1 unspecified atom stereocenters. The molecule has 1 aliphatic heterocycles. The van der Waals surface area contributed by atoms with Gasteiger partial charge in [0.05, 0.1) is 5.69 Å². The maximum absolute atomic E-state index is 12.1. The van der Waals surface area contributed by atoms with Crippen molar-refractivity contribution in [2.24, 2.45) is 0 Å². The second-order valence-corrected chi connectivity index (χ2v) is 4.30. The van der Waals surface area contributed by atoms with Gasteiger partial charge in [0.25, 0.3) is 0 Å². The number of carbonyl (C=O) groups excluding carboxylic acids is 1. The summed E-state index contributed by atoms with van der Waals surface area (Å²) in [7, 11) is 1.85. The number of aryl methyl sites for hydroxylation is 1. The number of anilines is 1. The summed E-state index contributed by atoms with van der Waals surface area (Å²) in [5.74, 6) is 0.151. The van der Waals surface area contributed by atoms with Crippen LogP contribution < -0.4 is 10.2 Å². The summed E-state index contributed by atoms with van der Waals surface area (Å²) >= 11 is 0. The van der Waals surface area contributed by atoms with E-state index in [0.29, 0.717) is 0 Å². The number of nitrogens with one attached hydrogen (secondary N) is 1. The molecule has 2 rings (SSSR count). The highest BCUT2D eigenvalue weighted by atomic mass is 16.2. The molecule has 3 nitrogen and oxygen atoms in total. The molecule has 1 aromatic rings. The average molecular weight is 218 g/mol. The Hall–Kier alpha value is -1.35. The first-order chi connectivity index (χ1) is 7.66. The number of carbonyl (C=O) groups is 1. The molecule has 1 aliphatic rings. The van der Waals surface area contributed by atoms with Crippen molar-refractivity contribution in [1.29, 1.82) is 0 Å². The highest BCUT2D eigenvalue weighted by Gasteiger charge is 2.35. The fourth-order valence-electron chi connectivity index (χ4n) is 2.30. The van der Waals surface area contributed by atoms with Gasteiger partial charge in [-0.25, -0.2) is 0 Å². The first-order valence-corrected chi connectivity index (χ1v) is 5.77. The van der Waals surface area contributed by atoms with Gasteiger partial charge >= 0.3 is 0 Å². The lowest BCUT2D eigenvalue weighted by molar-refractivity contribution is -0.119. The first-order valence-electron chi connectivity index (χ1n) is 5.77. The minimum absolute atomic E-state index is 0.151. The standard InChI is InChI=1S/C13H18N2O/c1-4-8-14-11-10-7-5-6-9(2)12(10)15(3)13(11)16/h5-7,11,14H,4,8H2,1-3H3. The van der Waals surface area contributed by atoms with Crippen LogP contribution in [-0.2, 0) is 4.79 Å². The molecule has 1 atom stereocenters. The van der Waals surface area contributed by atoms with Gasteiger partial charge in [-0.2, -0.15) is 0 Å². The molecule has 1 N–H and O–H groups in total. The molecular formula is C13H18N2O. The van der Waals surface area contributed by atoms with Crippen LogP contribution in [0.2, 0.25) is 0 Å². The van der Waals surface area contributed by atoms with Gasteiger partial charge in [0, 0.05) is 12.6 Å². The number of nitrogens with zero attached hydrogens (tertiary/aromatic N) is 1. The van der Waals surface area contributed by atoms with Crippen molar-refractivity contribution < 1.29 is 4.79 Å². The zero-order valence-electron chi connectivity index (χ0n) is 10.1. The number of hydrogen-bond acceptors (Lipinski definition) is 2. The molecular weight excluding hydrogens is 200 g/mol. The zero-order valence-corrected chi connectivity index (χ0v) is 10.1. The van der Waals surface area contributed by atoms with Crippen LogP contribution in [0.5, 0.6) is 0 Å². The summed E-state index contributed by atoms with van der Waals surface area (Å²) in [6.45, 7) is 5.02. The second kappa shape index (κ2) is 4.26. The molecule has 0 saturated heterocycles. The number of para-hydroxylation sites is 1. The Labute approximate surface area is 96.5 Å². The number of benzene rings is 1. The average Bonchev–Trinajstić information content (AvgIpc) is 2.51. The largest absolute Gasteiger partial charge is 0.313 e. The van der Waals surface area contributed by atoms with E-state index >= 15 is 0 Å². The fourth-order valence-corrected chi connectivity index (χ4v) is 2.30. The molecule has 86 valence electrons. The van der Waals surface area contributed by atoms with Gasteiger partial charge in [-0.1, -0.05) is 25.1 Å². The maximum Gasteiger partial charge on any atom is 0.248 e. The van der Waals surface area contributed by atoms with Crippen molar-refractivity contribution in [1.82, 2.24) is 5.32 Å².